The third-order valence-corrected chi connectivity index (χ3v) is 12.1. The Kier molecular flexibility index (Phi) is 10.1. The number of hydrogen-bond acceptors (Lipinski definition) is 7. The van der Waals surface area contributed by atoms with Gasteiger partial charge in [0.05, 0.1) is 19.6 Å². The van der Waals surface area contributed by atoms with Gasteiger partial charge in [0, 0.05) is 5.02 Å². The van der Waals surface area contributed by atoms with Crippen LogP contribution in [0.3, 0.4) is 0 Å². The molecule has 0 atom stereocenters. The Morgan fingerprint density at radius 3 is 0.849 bits per heavy atom. The van der Waals surface area contributed by atoms with Crippen LogP contribution in [-0.2, 0) is 19.7 Å². The van der Waals surface area contributed by atoms with E-state index in [2.05, 4.69) is 0 Å². The second-order valence-corrected chi connectivity index (χ2v) is 16.4. The van der Waals surface area contributed by atoms with E-state index in [0.717, 1.165) is 16.7 Å². The maximum atomic E-state index is 13.3. The molecule has 0 saturated carbocycles. The first-order chi connectivity index (χ1) is 25.5. The molecule has 0 spiro atoms. The molecular formula is C43H31ClO7S2. The molecule has 264 valence electrons. The fourth-order valence-electron chi connectivity index (χ4n) is 5.39. The third kappa shape index (κ3) is 8.29. The first-order valence-electron chi connectivity index (χ1n) is 16.4. The second kappa shape index (κ2) is 15.0. The first kappa shape index (κ1) is 35.5. The predicted octanol–water partition coefficient (Wildman–Crippen LogP) is 11.4. The summed E-state index contributed by atoms with van der Waals surface area (Å²) < 4.78 is 70.2. The molecule has 0 unspecified atom stereocenters. The van der Waals surface area contributed by atoms with Gasteiger partial charge in [0.25, 0.3) is 0 Å². The molecule has 0 amide bonds. The maximum Gasteiger partial charge on any atom is 0.206 e. The van der Waals surface area contributed by atoms with E-state index in [0.29, 0.717) is 39.5 Å². The summed E-state index contributed by atoms with van der Waals surface area (Å²) >= 11 is 5.90. The summed E-state index contributed by atoms with van der Waals surface area (Å²) in [5.41, 5.74) is 3.03. The summed E-state index contributed by atoms with van der Waals surface area (Å²) in [5, 5.41) is 0.463. The Balaban J connectivity index is 0.945. The van der Waals surface area contributed by atoms with Crippen LogP contribution in [0.15, 0.2) is 189 Å². The van der Waals surface area contributed by atoms with Gasteiger partial charge in [0.15, 0.2) is 0 Å². The molecule has 7 nitrogen and oxygen atoms in total. The maximum absolute atomic E-state index is 13.3. The van der Waals surface area contributed by atoms with Gasteiger partial charge in [0.1, 0.15) is 34.5 Å². The number of halogens is 1. The van der Waals surface area contributed by atoms with Gasteiger partial charge in [-0.3, -0.25) is 0 Å². The molecule has 0 N–H and O–H groups in total. The highest BCUT2D eigenvalue weighted by Gasteiger charge is 2.19. The van der Waals surface area contributed by atoms with Gasteiger partial charge in [-0.25, -0.2) is 16.8 Å². The third-order valence-electron chi connectivity index (χ3n) is 8.30. The Labute approximate surface area is 313 Å². The van der Waals surface area contributed by atoms with Crippen molar-refractivity contribution in [3.63, 3.8) is 0 Å². The van der Waals surface area contributed by atoms with Gasteiger partial charge in [0.2, 0.25) is 19.7 Å². The molecule has 0 aliphatic rings. The average Bonchev–Trinajstić information content (AvgIpc) is 3.17. The van der Waals surface area contributed by atoms with Crippen LogP contribution < -0.4 is 14.2 Å². The van der Waals surface area contributed by atoms with Crippen LogP contribution in [0.25, 0.3) is 11.1 Å². The zero-order valence-electron chi connectivity index (χ0n) is 28.2. The zero-order valence-corrected chi connectivity index (χ0v) is 30.6. The molecule has 0 fully saturated rings. The molecule has 0 aromatic heterocycles. The van der Waals surface area contributed by atoms with Gasteiger partial charge in [-0.05, 0) is 152 Å². The van der Waals surface area contributed by atoms with Crippen LogP contribution in [0.4, 0.5) is 0 Å². The van der Waals surface area contributed by atoms with E-state index in [4.69, 9.17) is 25.8 Å². The largest absolute Gasteiger partial charge is 0.457 e. The Morgan fingerprint density at radius 2 is 0.566 bits per heavy atom. The lowest BCUT2D eigenvalue weighted by molar-refractivity contribution is 0.481. The van der Waals surface area contributed by atoms with Gasteiger partial charge >= 0.3 is 0 Å². The lowest BCUT2D eigenvalue weighted by Crippen LogP contribution is -2.01. The van der Waals surface area contributed by atoms with Crippen LogP contribution >= 0.6 is 11.6 Å². The lowest BCUT2D eigenvalue weighted by Gasteiger charge is -2.10. The molecule has 0 radical (unpaired) electrons. The molecule has 53 heavy (non-hydrogen) atoms. The average molecular weight is 759 g/mol. The SMILES string of the molecule is Cc1ccc(Oc2ccc(S(=O)(=O)c3ccc(Oc4ccc(-c5ccc(Oc6ccc(S(=O)(=O)c7ccc(Cl)cc7)cc6)cc5)cc4)cc3)cc2)cc1. The van der Waals surface area contributed by atoms with E-state index in [1.54, 1.807) is 48.5 Å². The molecule has 0 aliphatic heterocycles. The minimum absolute atomic E-state index is 0.152. The van der Waals surface area contributed by atoms with Gasteiger partial charge in [-0.1, -0.05) is 53.6 Å². The Hall–Kier alpha value is -5.87. The number of benzene rings is 7. The summed E-state index contributed by atoms with van der Waals surface area (Å²) in [4.78, 5) is 0.633. The van der Waals surface area contributed by atoms with Crippen molar-refractivity contribution in [1.29, 1.82) is 0 Å². The molecule has 7 aromatic rings. The molecule has 0 heterocycles. The monoisotopic (exact) mass is 758 g/mol. The van der Waals surface area contributed by atoms with Crippen molar-refractivity contribution in [2.75, 3.05) is 0 Å². The second-order valence-electron chi connectivity index (χ2n) is 12.0. The van der Waals surface area contributed by atoms with E-state index >= 15 is 0 Å². The summed E-state index contributed by atoms with van der Waals surface area (Å²) in [7, 11) is -7.42. The standard InChI is InChI=1S/C43H31ClO7S2/c1-30-2-10-34(11-3-30)49-37-16-26-42(27-17-37)53(47,48)43-28-20-39(21-29-43)51-36-14-6-32(7-15-36)31-4-12-35(13-5-31)50-38-18-24-41(25-19-38)52(45,46)40-22-8-33(44)9-23-40/h2-29H,1H3. The van der Waals surface area contributed by atoms with E-state index in [9.17, 15) is 16.8 Å². The zero-order chi connectivity index (χ0) is 37.0. The fourth-order valence-corrected chi connectivity index (χ4v) is 8.04. The minimum atomic E-state index is -3.74. The molecular weight excluding hydrogens is 728 g/mol. The molecule has 0 aliphatic carbocycles. The fraction of sp³-hybridized carbons (Fsp3) is 0.0233. The summed E-state index contributed by atoms with van der Waals surface area (Å²) in [5.74, 6) is 3.40. The number of rotatable bonds is 11. The number of aryl methyl sites for hydroxylation is 1. The highest BCUT2D eigenvalue weighted by Crippen LogP contribution is 2.32. The van der Waals surface area contributed by atoms with Crippen LogP contribution in [0.1, 0.15) is 5.56 Å². The van der Waals surface area contributed by atoms with E-state index in [1.165, 1.54) is 48.5 Å². The van der Waals surface area contributed by atoms with Crippen molar-refractivity contribution in [3.8, 4) is 45.6 Å². The van der Waals surface area contributed by atoms with Gasteiger partial charge in [-0.15, -0.1) is 0 Å². The molecule has 7 rings (SSSR count). The Morgan fingerprint density at radius 1 is 0.340 bits per heavy atom. The molecule has 7 aromatic carbocycles. The van der Waals surface area contributed by atoms with Gasteiger partial charge < -0.3 is 14.2 Å². The van der Waals surface area contributed by atoms with Crippen molar-refractivity contribution in [3.05, 3.63) is 180 Å². The van der Waals surface area contributed by atoms with Crippen molar-refractivity contribution >= 4 is 31.3 Å². The summed E-state index contributed by atoms with van der Waals surface area (Å²) in [6.07, 6.45) is 0. The van der Waals surface area contributed by atoms with Crippen LogP contribution in [0.5, 0.6) is 34.5 Å². The number of ether oxygens (including phenoxy) is 3. The summed E-state index contributed by atoms with van der Waals surface area (Å²) in [6.45, 7) is 1.99. The van der Waals surface area contributed by atoms with Crippen molar-refractivity contribution in [2.45, 2.75) is 26.5 Å². The Bertz CT molecular complexity index is 2550. The lowest BCUT2D eigenvalue weighted by atomic mass is 10.1. The smallest absolute Gasteiger partial charge is 0.206 e. The van der Waals surface area contributed by atoms with Gasteiger partial charge in [-0.2, -0.15) is 0 Å². The molecule has 0 saturated heterocycles. The number of sulfone groups is 2. The molecule has 10 heteroatoms. The normalized spacial score (nSPS) is 11.5. The number of hydrogen-bond donors (Lipinski definition) is 0. The van der Waals surface area contributed by atoms with Crippen LogP contribution in [-0.4, -0.2) is 16.8 Å². The topological polar surface area (TPSA) is 96.0 Å². The minimum Gasteiger partial charge on any atom is -0.457 e. The predicted molar refractivity (Wildman–Crippen MR) is 205 cm³/mol. The van der Waals surface area contributed by atoms with Crippen molar-refractivity contribution in [1.82, 2.24) is 0 Å². The van der Waals surface area contributed by atoms with Crippen LogP contribution in [0.2, 0.25) is 5.02 Å². The quantitative estimate of drug-likeness (QED) is 0.130. The van der Waals surface area contributed by atoms with E-state index < -0.39 is 19.7 Å². The first-order valence-corrected chi connectivity index (χ1v) is 19.7. The van der Waals surface area contributed by atoms with Crippen LogP contribution in [0, 0.1) is 6.92 Å². The van der Waals surface area contributed by atoms with E-state index in [1.807, 2.05) is 79.7 Å². The highest BCUT2D eigenvalue weighted by atomic mass is 35.5. The van der Waals surface area contributed by atoms with Crippen molar-refractivity contribution in [2.24, 2.45) is 0 Å². The summed E-state index contributed by atoms with van der Waals surface area (Å²) in [6, 6.07) is 47.6. The highest BCUT2D eigenvalue weighted by molar-refractivity contribution is 7.91. The molecule has 0 bridgehead atoms. The van der Waals surface area contributed by atoms with E-state index in [-0.39, 0.29) is 19.6 Å². The van der Waals surface area contributed by atoms with Crippen molar-refractivity contribution < 1.29 is 31.0 Å².